The Kier molecular flexibility index (Phi) is 7.14. The molecule has 0 N–H and O–H groups in total. The molecule has 6 nitrogen and oxygen atoms in total. The van der Waals surface area contributed by atoms with Gasteiger partial charge in [0, 0.05) is 16.6 Å². The van der Waals surface area contributed by atoms with Crippen molar-refractivity contribution in [1.29, 1.82) is 0 Å². The lowest BCUT2D eigenvalue weighted by atomic mass is 10.1. The minimum Gasteiger partial charge on any atom is -0.467 e. The summed E-state index contributed by atoms with van der Waals surface area (Å²) in [7, 11) is -4.15. The van der Waals surface area contributed by atoms with E-state index in [0.717, 1.165) is 28.7 Å². The second-order valence-corrected chi connectivity index (χ2v) is 9.85. The molecule has 1 amide bonds. The molecule has 0 fully saturated rings. The van der Waals surface area contributed by atoms with Crippen LogP contribution in [0.1, 0.15) is 21.7 Å². The van der Waals surface area contributed by atoms with Gasteiger partial charge < -0.3 is 13.5 Å². The molecule has 34 heavy (non-hydrogen) atoms. The number of hydrogen-bond acceptors (Lipinski definition) is 5. The highest BCUT2D eigenvalue weighted by molar-refractivity contribution is 9.10. The van der Waals surface area contributed by atoms with Gasteiger partial charge in [0.05, 0.1) is 12.8 Å². The van der Waals surface area contributed by atoms with Gasteiger partial charge in [-0.3, -0.25) is 4.79 Å². The number of hydrogen-bond donors (Lipinski definition) is 0. The summed E-state index contributed by atoms with van der Waals surface area (Å²) in [5.41, 5.74) is 1.16. The number of benzene rings is 3. The Hall–Kier alpha value is -3.43. The summed E-state index contributed by atoms with van der Waals surface area (Å²) in [5.74, 6) is -0.0742. The molecule has 0 aliphatic heterocycles. The van der Waals surface area contributed by atoms with Crippen molar-refractivity contribution >= 4 is 32.0 Å². The van der Waals surface area contributed by atoms with E-state index < -0.39 is 15.9 Å². The fourth-order valence-corrected chi connectivity index (χ4v) is 4.44. The van der Waals surface area contributed by atoms with Crippen LogP contribution in [0.4, 0.5) is 4.39 Å². The number of rotatable bonds is 8. The number of halogens is 2. The van der Waals surface area contributed by atoms with Crippen LogP contribution < -0.4 is 4.18 Å². The summed E-state index contributed by atoms with van der Waals surface area (Å²) in [6, 6.07) is 21.3. The minimum absolute atomic E-state index is 0.0795. The first-order valence-corrected chi connectivity index (χ1v) is 12.4. The van der Waals surface area contributed by atoms with Crippen LogP contribution >= 0.6 is 15.9 Å². The highest BCUT2D eigenvalue weighted by Crippen LogP contribution is 2.23. The molecule has 4 aromatic rings. The first-order chi connectivity index (χ1) is 16.3. The van der Waals surface area contributed by atoms with E-state index in [1.54, 1.807) is 59.5 Å². The normalized spacial score (nSPS) is 11.2. The summed E-state index contributed by atoms with van der Waals surface area (Å²) in [6.07, 6.45) is 1.53. The Labute approximate surface area is 204 Å². The molecule has 0 aliphatic rings. The van der Waals surface area contributed by atoms with Crippen LogP contribution in [0.5, 0.6) is 5.75 Å². The van der Waals surface area contributed by atoms with E-state index in [-0.39, 0.29) is 29.6 Å². The highest BCUT2D eigenvalue weighted by Gasteiger charge is 2.20. The number of furan rings is 1. The van der Waals surface area contributed by atoms with Gasteiger partial charge in [0.25, 0.3) is 5.91 Å². The van der Waals surface area contributed by atoms with Crippen LogP contribution in [0, 0.1) is 5.82 Å². The molecule has 0 saturated carbocycles. The van der Waals surface area contributed by atoms with Gasteiger partial charge in [-0.05, 0) is 78.4 Å². The Bertz CT molecular complexity index is 1370. The molecular weight excluding hydrogens is 525 g/mol. The average Bonchev–Trinajstić information content (AvgIpc) is 3.32. The Morgan fingerprint density at radius 2 is 1.68 bits per heavy atom. The molecule has 3 aromatic carbocycles. The van der Waals surface area contributed by atoms with Crippen LogP contribution in [0.3, 0.4) is 0 Å². The van der Waals surface area contributed by atoms with Crippen molar-refractivity contribution in [3.8, 4) is 5.75 Å². The zero-order valence-electron chi connectivity index (χ0n) is 17.7. The SMILES string of the molecule is O=C(c1ccc(Br)cc1)N(Cc1cccc(OS(=O)(=O)c2ccc(F)cc2)c1)Cc1ccco1. The van der Waals surface area contributed by atoms with Crippen LogP contribution in [0.2, 0.25) is 0 Å². The molecule has 0 atom stereocenters. The largest absolute Gasteiger partial charge is 0.467 e. The second-order valence-electron chi connectivity index (χ2n) is 7.39. The van der Waals surface area contributed by atoms with Gasteiger partial charge in [0.1, 0.15) is 22.2 Å². The summed E-state index contributed by atoms with van der Waals surface area (Å²) < 4.78 is 49.8. The van der Waals surface area contributed by atoms with Gasteiger partial charge in [0.15, 0.2) is 0 Å². The van der Waals surface area contributed by atoms with Crippen molar-refractivity contribution in [3.05, 3.63) is 118 Å². The number of nitrogens with zero attached hydrogens (tertiary/aromatic N) is 1. The Morgan fingerprint density at radius 3 is 2.35 bits per heavy atom. The summed E-state index contributed by atoms with van der Waals surface area (Å²) in [4.78, 5) is 14.7. The molecular formula is C25H19BrFNO5S. The second kappa shape index (κ2) is 10.2. The third-order valence-electron chi connectivity index (χ3n) is 4.89. The van der Waals surface area contributed by atoms with Crippen LogP contribution in [-0.2, 0) is 23.2 Å². The molecule has 0 bridgehead atoms. The molecule has 0 unspecified atom stereocenters. The van der Waals surface area contributed by atoms with Gasteiger partial charge >= 0.3 is 10.1 Å². The number of carbonyl (C=O) groups excluding carboxylic acids is 1. The molecule has 4 rings (SSSR count). The van der Waals surface area contributed by atoms with E-state index in [1.165, 1.54) is 12.3 Å². The Morgan fingerprint density at radius 1 is 0.941 bits per heavy atom. The molecule has 9 heteroatoms. The van der Waals surface area contributed by atoms with E-state index in [0.29, 0.717) is 16.9 Å². The van der Waals surface area contributed by atoms with Gasteiger partial charge in [0.2, 0.25) is 0 Å². The third-order valence-corrected chi connectivity index (χ3v) is 6.68. The molecule has 1 heterocycles. The van der Waals surface area contributed by atoms with E-state index in [2.05, 4.69) is 15.9 Å². The van der Waals surface area contributed by atoms with Gasteiger partial charge in [-0.1, -0.05) is 28.1 Å². The van der Waals surface area contributed by atoms with Gasteiger partial charge in [-0.15, -0.1) is 0 Å². The summed E-state index contributed by atoms with van der Waals surface area (Å²) >= 11 is 3.36. The molecule has 0 spiro atoms. The van der Waals surface area contributed by atoms with Crippen LogP contribution in [-0.4, -0.2) is 19.2 Å². The topological polar surface area (TPSA) is 76.8 Å². The summed E-state index contributed by atoms with van der Waals surface area (Å²) in [5, 5.41) is 0. The van der Waals surface area contributed by atoms with Crippen molar-refractivity contribution in [1.82, 2.24) is 4.90 Å². The van der Waals surface area contributed by atoms with Gasteiger partial charge in [-0.2, -0.15) is 8.42 Å². The average molecular weight is 544 g/mol. The zero-order valence-corrected chi connectivity index (χ0v) is 20.1. The molecule has 0 aliphatic carbocycles. The number of amides is 1. The fraction of sp³-hybridized carbons (Fsp3) is 0.0800. The Balaban J connectivity index is 1.56. The van der Waals surface area contributed by atoms with Crippen molar-refractivity contribution in [2.45, 2.75) is 18.0 Å². The quantitative estimate of drug-likeness (QED) is 0.263. The lowest BCUT2D eigenvalue weighted by Gasteiger charge is -2.22. The predicted octanol–water partition coefficient (Wildman–Crippen LogP) is 5.79. The predicted molar refractivity (Wildman–Crippen MR) is 127 cm³/mol. The summed E-state index contributed by atoms with van der Waals surface area (Å²) in [6.45, 7) is 0.407. The standard InChI is InChI=1S/C25H19BrFNO5S/c26-20-8-6-19(7-9-20)25(29)28(17-23-5-2-14-32-23)16-18-3-1-4-22(15-18)33-34(30,31)24-12-10-21(27)11-13-24/h1-15H,16-17H2. The fourth-order valence-electron chi connectivity index (χ4n) is 3.26. The smallest absolute Gasteiger partial charge is 0.339 e. The first kappa shape index (κ1) is 23.7. The lowest BCUT2D eigenvalue weighted by molar-refractivity contribution is 0.0717. The van der Waals surface area contributed by atoms with Crippen molar-refractivity contribution < 1.29 is 26.2 Å². The maximum absolute atomic E-state index is 13.2. The monoisotopic (exact) mass is 543 g/mol. The van der Waals surface area contributed by atoms with Crippen molar-refractivity contribution in [2.24, 2.45) is 0 Å². The zero-order chi connectivity index (χ0) is 24.1. The molecule has 0 saturated heterocycles. The van der Waals surface area contributed by atoms with E-state index in [9.17, 15) is 17.6 Å². The van der Waals surface area contributed by atoms with Crippen LogP contribution in [0.15, 0.2) is 105 Å². The van der Waals surface area contributed by atoms with Crippen molar-refractivity contribution in [2.75, 3.05) is 0 Å². The van der Waals surface area contributed by atoms with Crippen LogP contribution in [0.25, 0.3) is 0 Å². The highest BCUT2D eigenvalue weighted by atomic mass is 79.9. The number of carbonyl (C=O) groups is 1. The van der Waals surface area contributed by atoms with E-state index in [1.807, 2.05) is 0 Å². The van der Waals surface area contributed by atoms with Crippen molar-refractivity contribution in [3.63, 3.8) is 0 Å². The maximum Gasteiger partial charge on any atom is 0.339 e. The molecule has 1 aromatic heterocycles. The first-order valence-electron chi connectivity index (χ1n) is 10.2. The third kappa shape index (κ3) is 5.92. The van der Waals surface area contributed by atoms with E-state index in [4.69, 9.17) is 8.60 Å². The lowest BCUT2D eigenvalue weighted by Crippen LogP contribution is -2.30. The molecule has 0 radical (unpaired) electrons. The van der Waals surface area contributed by atoms with E-state index >= 15 is 0 Å². The minimum atomic E-state index is -4.15. The molecule has 174 valence electrons. The van der Waals surface area contributed by atoms with Gasteiger partial charge in [-0.25, -0.2) is 4.39 Å². The maximum atomic E-state index is 13.2.